The standard InChI is InChI=1S/C20H20N4O4/c1-27-18-9-7-17(8-10-18)24-19(15-4-3-11-21-13-15)12-16(22-24)5-2-6-20(26)23-28-14-25/h3-4,7-14H,2,5-6H2,1H3,(H,23,26). The molecule has 0 radical (unpaired) electrons. The van der Waals surface area contributed by atoms with Gasteiger partial charge in [0.2, 0.25) is 0 Å². The van der Waals surface area contributed by atoms with Crippen molar-refractivity contribution in [1.82, 2.24) is 20.2 Å². The lowest BCUT2D eigenvalue weighted by molar-refractivity contribution is -0.146. The van der Waals surface area contributed by atoms with Crippen LogP contribution in [0, 0.1) is 0 Å². The number of hydroxylamine groups is 1. The molecule has 0 aliphatic heterocycles. The third-order valence-electron chi connectivity index (χ3n) is 4.09. The lowest BCUT2D eigenvalue weighted by Gasteiger charge is -2.08. The predicted molar refractivity (Wildman–Crippen MR) is 102 cm³/mol. The minimum Gasteiger partial charge on any atom is -0.497 e. The van der Waals surface area contributed by atoms with Crippen LogP contribution in [-0.4, -0.2) is 34.3 Å². The van der Waals surface area contributed by atoms with Gasteiger partial charge >= 0.3 is 6.47 Å². The summed E-state index contributed by atoms with van der Waals surface area (Å²) in [5.74, 6) is 0.414. The topological polar surface area (TPSA) is 95.3 Å². The zero-order valence-electron chi connectivity index (χ0n) is 15.4. The molecular formula is C20H20N4O4. The number of amides is 1. The van der Waals surface area contributed by atoms with Crippen LogP contribution in [0.1, 0.15) is 18.5 Å². The normalized spacial score (nSPS) is 10.3. The molecule has 0 spiro atoms. The molecule has 28 heavy (non-hydrogen) atoms. The van der Waals surface area contributed by atoms with E-state index < -0.39 is 0 Å². The van der Waals surface area contributed by atoms with Crippen molar-refractivity contribution in [1.29, 1.82) is 0 Å². The molecule has 0 aliphatic rings. The molecule has 0 aliphatic carbocycles. The van der Waals surface area contributed by atoms with Crippen LogP contribution < -0.4 is 10.2 Å². The zero-order valence-corrected chi connectivity index (χ0v) is 15.4. The molecule has 1 aromatic carbocycles. The number of benzene rings is 1. The summed E-state index contributed by atoms with van der Waals surface area (Å²) in [7, 11) is 1.62. The monoisotopic (exact) mass is 380 g/mol. The third-order valence-corrected chi connectivity index (χ3v) is 4.09. The van der Waals surface area contributed by atoms with Crippen LogP contribution in [0.4, 0.5) is 0 Å². The van der Waals surface area contributed by atoms with E-state index in [9.17, 15) is 9.59 Å². The summed E-state index contributed by atoms with van der Waals surface area (Å²) in [6.45, 7) is 0.175. The molecular weight excluding hydrogens is 360 g/mol. The SMILES string of the molecule is COc1ccc(-n2nc(CCCC(=O)NOC=O)cc2-c2cccnc2)cc1. The molecule has 8 heteroatoms. The van der Waals surface area contributed by atoms with Gasteiger partial charge in [0.25, 0.3) is 5.91 Å². The summed E-state index contributed by atoms with van der Waals surface area (Å²) < 4.78 is 7.07. The predicted octanol–water partition coefficient (Wildman–Crippen LogP) is 2.47. The average Bonchev–Trinajstić information content (AvgIpc) is 3.17. The molecule has 144 valence electrons. The summed E-state index contributed by atoms with van der Waals surface area (Å²) in [4.78, 5) is 30.0. The molecule has 2 aromatic heterocycles. The first-order valence-corrected chi connectivity index (χ1v) is 8.73. The second-order valence-electron chi connectivity index (χ2n) is 5.97. The number of nitrogens with one attached hydrogen (secondary N) is 1. The number of carbonyl (C=O) groups excluding carboxylic acids is 2. The zero-order chi connectivity index (χ0) is 19.8. The van der Waals surface area contributed by atoms with Crippen LogP contribution in [-0.2, 0) is 20.8 Å². The van der Waals surface area contributed by atoms with E-state index in [2.05, 4.69) is 9.82 Å². The van der Waals surface area contributed by atoms with Crippen LogP contribution in [0.25, 0.3) is 16.9 Å². The second-order valence-corrected chi connectivity index (χ2v) is 5.97. The van der Waals surface area contributed by atoms with Crippen LogP contribution in [0.5, 0.6) is 5.75 Å². The van der Waals surface area contributed by atoms with E-state index in [0.717, 1.165) is 28.4 Å². The van der Waals surface area contributed by atoms with E-state index in [4.69, 9.17) is 9.84 Å². The Bertz CT molecular complexity index is 923. The van der Waals surface area contributed by atoms with Crippen molar-refractivity contribution >= 4 is 12.4 Å². The van der Waals surface area contributed by atoms with Gasteiger partial charge in [0.1, 0.15) is 5.75 Å². The van der Waals surface area contributed by atoms with E-state index in [1.165, 1.54) is 0 Å². The second kappa shape index (κ2) is 9.31. The fourth-order valence-corrected chi connectivity index (χ4v) is 2.76. The highest BCUT2D eigenvalue weighted by Gasteiger charge is 2.13. The fourth-order valence-electron chi connectivity index (χ4n) is 2.76. The van der Waals surface area contributed by atoms with Gasteiger partial charge in [-0.3, -0.25) is 14.6 Å². The van der Waals surface area contributed by atoms with Crippen LogP contribution >= 0.6 is 0 Å². The summed E-state index contributed by atoms with van der Waals surface area (Å²) in [6.07, 6.45) is 4.90. The molecule has 3 rings (SSSR count). The number of ether oxygens (including phenoxy) is 1. The fraction of sp³-hybridized carbons (Fsp3) is 0.200. The van der Waals surface area contributed by atoms with Crippen molar-refractivity contribution in [3.8, 4) is 22.7 Å². The number of hydrogen-bond donors (Lipinski definition) is 1. The molecule has 0 fully saturated rings. The van der Waals surface area contributed by atoms with Crippen molar-refractivity contribution in [3.05, 3.63) is 60.6 Å². The Hall–Kier alpha value is -3.68. The molecule has 0 atom stereocenters. The number of methoxy groups -OCH3 is 1. The highest BCUT2D eigenvalue weighted by Crippen LogP contribution is 2.25. The third kappa shape index (κ3) is 4.73. The maximum atomic E-state index is 11.5. The number of rotatable bonds is 9. The van der Waals surface area contributed by atoms with Crippen LogP contribution in [0.15, 0.2) is 54.9 Å². The molecule has 3 aromatic rings. The number of aryl methyl sites for hydroxylation is 1. The van der Waals surface area contributed by atoms with Crippen LogP contribution in [0.2, 0.25) is 0 Å². The quantitative estimate of drug-likeness (QED) is 0.453. The lowest BCUT2D eigenvalue weighted by Crippen LogP contribution is -2.22. The first-order valence-electron chi connectivity index (χ1n) is 8.73. The van der Waals surface area contributed by atoms with Crippen LogP contribution in [0.3, 0.4) is 0 Å². The van der Waals surface area contributed by atoms with Gasteiger partial charge in [0.15, 0.2) is 0 Å². The van der Waals surface area contributed by atoms with Crippen molar-refractivity contribution in [2.45, 2.75) is 19.3 Å². The highest BCUT2D eigenvalue weighted by atomic mass is 16.7. The number of carbonyl (C=O) groups is 2. The number of pyridine rings is 1. The molecule has 0 saturated heterocycles. The van der Waals surface area contributed by atoms with Crippen molar-refractivity contribution in [2.24, 2.45) is 0 Å². The minimum atomic E-state index is -0.353. The van der Waals surface area contributed by atoms with E-state index in [1.807, 2.05) is 52.6 Å². The molecule has 2 heterocycles. The Morgan fingerprint density at radius 1 is 1.25 bits per heavy atom. The van der Waals surface area contributed by atoms with Crippen molar-refractivity contribution < 1.29 is 19.2 Å². The van der Waals surface area contributed by atoms with Gasteiger partial charge in [-0.1, -0.05) is 0 Å². The maximum absolute atomic E-state index is 11.5. The van der Waals surface area contributed by atoms with Crippen molar-refractivity contribution in [2.75, 3.05) is 7.11 Å². The van der Waals surface area contributed by atoms with Crippen molar-refractivity contribution in [3.63, 3.8) is 0 Å². The maximum Gasteiger partial charge on any atom is 0.320 e. The number of hydrogen-bond acceptors (Lipinski definition) is 6. The van der Waals surface area contributed by atoms with E-state index in [-0.39, 0.29) is 18.8 Å². The van der Waals surface area contributed by atoms with Gasteiger partial charge in [-0.15, -0.1) is 0 Å². The summed E-state index contributed by atoms with van der Waals surface area (Å²) in [6, 6.07) is 13.4. The van der Waals surface area contributed by atoms with Gasteiger partial charge in [-0.05, 0) is 55.3 Å². The minimum absolute atomic E-state index is 0.175. The number of nitrogens with zero attached hydrogens (tertiary/aromatic N) is 3. The first kappa shape index (κ1) is 19.1. The summed E-state index contributed by atoms with van der Waals surface area (Å²) >= 11 is 0. The summed E-state index contributed by atoms with van der Waals surface area (Å²) in [5, 5.41) is 4.70. The van der Waals surface area contributed by atoms with E-state index in [0.29, 0.717) is 12.8 Å². The first-order chi connectivity index (χ1) is 13.7. The Morgan fingerprint density at radius 3 is 2.75 bits per heavy atom. The van der Waals surface area contributed by atoms with Gasteiger partial charge in [-0.25, -0.2) is 4.68 Å². The van der Waals surface area contributed by atoms with Gasteiger partial charge < -0.3 is 9.57 Å². The average molecular weight is 380 g/mol. The highest BCUT2D eigenvalue weighted by molar-refractivity contribution is 5.75. The van der Waals surface area contributed by atoms with Gasteiger partial charge in [0, 0.05) is 24.4 Å². The molecule has 0 saturated carbocycles. The van der Waals surface area contributed by atoms with E-state index in [1.54, 1.807) is 19.5 Å². The molecule has 8 nitrogen and oxygen atoms in total. The molecule has 0 bridgehead atoms. The Labute approximate surface area is 162 Å². The Balaban J connectivity index is 1.81. The van der Waals surface area contributed by atoms with Gasteiger partial charge in [0.05, 0.1) is 24.2 Å². The number of aromatic nitrogens is 3. The van der Waals surface area contributed by atoms with Gasteiger partial charge in [-0.2, -0.15) is 10.6 Å². The Morgan fingerprint density at radius 2 is 2.07 bits per heavy atom. The smallest absolute Gasteiger partial charge is 0.320 e. The van der Waals surface area contributed by atoms with E-state index >= 15 is 0 Å². The largest absolute Gasteiger partial charge is 0.497 e. The lowest BCUT2D eigenvalue weighted by atomic mass is 10.1. The molecule has 1 N–H and O–H groups in total. The molecule has 0 unspecified atom stereocenters. The summed E-state index contributed by atoms with van der Waals surface area (Å²) in [5.41, 5.74) is 5.63. The molecule has 1 amide bonds. The Kier molecular flexibility index (Phi) is 6.35.